The molecule has 28 heavy (non-hydrogen) atoms. The molecule has 0 unspecified atom stereocenters. The van der Waals surface area contributed by atoms with Crippen molar-refractivity contribution in [1.29, 1.82) is 0 Å². The van der Waals surface area contributed by atoms with Crippen molar-refractivity contribution in [2.24, 2.45) is 11.8 Å². The van der Waals surface area contributed by atoms with Crippen LogP contribution in [0, 0.1) is 18.8 Å². The molecule has 1 N–H and O–H groups in total. The van der Waals surface area contributed by atoms with Gasteiger partial charge < -0.3 is 19.5 Å². The number of hydrogen-bond acceptors (Lipinski definition) is 5. The van der Waals surface area contributed by atoms with E-state index in [1.165, 1.54) is 0 Å². The Hall–Kier alpha value is -2.48. The fourth-order valence-electron chi connectivity index (χ4n) is 5.21. The lowest BCUT2D eigenvalue weighted by molar-refractivity contribution is -0.144. The SMILES string of the molecule is Cc1nc2c(c(=O)[nH]1)CCN(C(=O)[C@H]1[C@H]3C=C[C@@]4(CN(C(C)C)C(=O)[C@@H]14)O3)C2. The molecule has 4 atom stereocenters. The number of nitrogens with zero attached hydrogens (tertiary/aromatic N) is 3. The van der Waals surface area contributed by atoms with Crippen molar-refractivity contribution >= 4 is 11.8 Å². The monoisotopic (exact) mass is 384 g/mol. The van der Waals surface area contributed by atoms with E-state index in [2.05, 4.69) is 9.97 Å². The van der Waals surface area contributed by atoms with Gasteiger partial charge in [0.05, 0.1) is 36.7 Å². The molecule has 2 saturated heterocycles. The molecule has 1 aromatic rings. The highest BCUT2D eigenvalue weighted by molar-refractivity contribution is 5.93. The first-order chi connectivity index (χ1) is 13.3. The van der Waals surface area contributed by atoms with Crippen LogP contribution in [-0.4, -0.2) is 62.4 Å². The summed E-state index contributed by atoms with van der Waals surface area (Å²) in [5, 5.41) is 0. The van der Waals surface area contributed by atoms with Crippen LogP contribution in [0.25, 0.3) is 0 Å². The van der Waals surface area contributed by atoms with Gasteiger partial charge in [0.15, 0.2) is 0 Å². The number of rotatable bonds is 2. The van der Waals surface area contributed by atoms with Crippen LogP contribution >= 0.6 is 0 Å². The Labute approximate surface area is 162 Å². The van der Waals surface area contributed by atoms with Crippen LogP contribution < -0.4 is 5.56 Å². The standard InChI is InChI=1S/C20H24N4O4/c1-10(2)24-9-20-6-4-14(28-20)15(16(20)19(24)27)18(26)23-7-5-12-13(8-23)21-11(3)22-17(12)25/h4,6,10,14-16H,5,7-9H2,1-3H3,(H,21,22,25)/t14-,15+,16-,20+/m1/s1. The second-order valence-electron chi connectivity index (χ2n) is 8.55. The number of amides is 2. The van der Waals surface area contributed by atoms with E-state index < -0.39 is 17.4 Å². The lowest BCUT2D eigenvalue weighted by Crippen LogP contribution is -2.48. The minimum absolute atomic E-state index is 0.00280. The van der Waals surface area contributed by atoms with Gasteiger partial charge in [-0.05, 0) is 27.2 Å². The smallest absolute Gasteiger partial charge is 0.254 e. The number of H-pyrrole nitrogens is 1. The zero-order chi connectivity index (χ0) is 19.8. The van der Waals surface area contributed by atoms with E-state index in [9.17, 15) is 14.4 Å². The summed E-state index contributed by atoms with van der Waals surface area (Å²) in [4.78, 5) is 49.4. The van der Waals surface area contributed by atoms with Crippen molar-refractivity contribution in [3.05, 3.63) is 39.6 Å². The Balaban J connectivity index is 1.44. The first-order valence-corrected chi connectivity index (χ1v) is 9.86. The first kappa shape index (κ1) is 17.6. The number of aromatic nitrogens is 2. The van der Waals surface area contributed by atoms with Crippen LogP contribution in [0.3, 0.4) is 0 Å². The molecule has 5 heterocycles. The lowest BCUT2D eigenvalue weighted by Gasteiger charge is -2.33. The van der Waals surface area contributed by atoms with Crippen LogP contribution in [0.1, 0.15) is 30.9 Å². The minimum atomic E-state index is -0.675. The van der Waals surface area contributed by atoms with E-state index in [-0.39, 0.29) is 29.5 Å². The van der Waals surface area contributed by atoms with Crippen molar-refractivity contribution in [2.75, 3.05) is 13.1 Å². The van der Waals surface area contributed by atoms with E-state index in [0.717, 1.165) is 0 Å². The number of likely N-dealkylation sites (tertiary alicyclic amines) is 1. The highest BCUT2D eigenvalue weighted by atomic mass is 16.5. The molecule has 0 saturated carbocycles. The second kappa shape index (κ2) is 5.76. The van der Waals surface area contributed by atoms with Crippen molar-refractivity contribution in [3.8, 4) is 0 Å². The summed E-state index contributed by atoms with van der Waals surface area (Å²) in [5.74, 6) is -0.506. The molecule has 1 aromatic heterocycles. The average Bonchev–Trinajstić information content (AvgIpc) is 3.28. The predicted octanol–water partition coefficient (Wildman–Crippen LogP) is 0.153. The molecule has 0 radical (unpaired) electrons. The van der Waals surface area contributed by atoms with Crippen LogP contribution in [0.5, 0.6) is 0 Å². The molecule has 2 bridgehead atoms. The van der Waals surface area contributed by atoms with E-state index in [1.54, 1.807) is 11.8 Å². The first-order valence-electron chi connectivity index (χ1n) is 9.86. The zero-order valence-electron chi connectivity index (χ0n) is 16.3. The molecular weight excluding hydrogens is 360 g/mol. The summed E-state index contributed by atoms with van der Waals surface area (Å²) in [5.41, 5.74) is 0.500. The molecule has 8 heteroatoms. The number of hydrogen-bond donors (Lipinski definition) is 1. The maximum Gasteiger partial charge on any atom is 0.254 e. The van der Waals surface area contributed by atoms with Crippen LogP contribution in [0.15, 0.2) is 16.9 Å². The Kier molecular flexibility index (Phi) is 3.62. The molecule has 148 valence electrons. The number of carbonyl (C=O) groups is 2. The quantitative estimate of drug-likeness (QED) is 0.733. The second-order valence-corrected chi connectivity index (χ2v) is 8.55. The van der Waals surface area contributed by atoms with Gasteiger partial charge in [-0.3, -0.25) is 14.4 Å². The topological polar surface area (TPSA) is 95.6 Å². The van der Waals surface area contributed by atoms with E-state index in [1.807, 2.05) is 30.9 Å². The van der Waals surface area contributed by atoms with Gasteiger partial charge in [0.2, 0.25) is 11.8 Å². The highest BCUT2D eigenvalue weighted by Crippen LogP contribution is 2.52. The number of carbonyl (C=O) groups excluding carboxylic acids is 2. The maximum absolute atomic E-state index is 13.5. The molecular formula is C20H24N4O4. The van der Waals surface area contributed by atoms with Crippen LogP contribution in [0.4, 0.5) is 0 Å². The molecule has 2 amide bonds. The van der Waals surface area contributed by atoms with Gasteiger partial charge in [0, 0.05) is 18.2 Å². The fraction of sp³-hybridized carbons (Fsp3) is 0.600. The fourth-order valence-corrected chi connectivity index (χ4v) is 5.21. The molecule has 1 spiro atoms. The van der Waals surface area contributed by atoms with Gasteiger partial charge in [-0.25, -0.2) is 4.98 Å². The average molecular weight is 384 g/mol. The van der Waals surface area contributed by atoms with Gasteiger partial charge in [-0.15, -0.1) is 0 Å². The Morgan fingerprint density at radius 3 is 2.93 bits per heavy atom. The third-order valence-electron chi connectivity index (χ3n) is 6.54. The summed E-state index contributed by atoms with van der Waals surface area (Å²) < 4.78 is 6.18. The minimum Gasteiger partial charge on any atom is -0.360 e. The van der Waals surface area contributed by atoms with E-state index >= 15 is 0 Å². The molecule has 4 aliphatic rings. The van der Waals surface area contributed by atoms with E-state index in [0.29, 0.717) is 43.1 Å². The Morgan fingerprint density at radius 2 is 2.18 bits per heavy atom. The normalized spacial score (nSPS) is 33.0. The van der Waals surface area contributed by atoms with Gasteiger partial charge >= 0.3 is 0 Å². The number of fused-ring (bicyclic) bond motifs is 2. The van der Waals surface area contributed by atoms with Gasteiger partial charge in [-0.2, -0.15) is 0 Å². The number of ether oxygens (including phenoxy) is 1. The van der Waals surface area contributed by atoms with Crippen LogP contribution in [0.2, 0.25) is 0 Å². The predicted molar refractivity (Wildman–Crippen MR) is 99.3 cm³/mol. The summed E-state index contributed by atoms with van der Waals surface area (Å²) >= 11 is 0. The molecule has 5 rings (SSSR count). The largest absolute Gasteiger partial charge is 0.360 e. The Morgan fingerprint density at radius 1 is 1.39 bits per heavy atom. The van der Waals surface area contributed by atoms with E-state index in [4.69, 9.17) is 4.74 Å². The van der Waals surface area contributed by atoms with Crippen molar-refractivity contribution in [2.45, 2.75) is 51.5 Å². The molecule has 8 nitrogen and oxygen atoms in total. The number of nitrogens with one attached hydrogen (secondary N) is 1. The van der Waals surface area contributed by atoms with Gasteiger partial charge in [0.25, 0.3) is 5.56 Å². The summed E-state index contributed by atoms with van der Waals surface area (Å²) in [6.45, 7) is 6.95. The third-order valence-corrected chi connectivity index (χ3v) is 6.54. The summed E-state index contributed by atoms with van der Waals surface area (Å²) in [7, 11) is 0. The van der Waals surface area contributed by atoms with Crippen molar-refractivity contribution in [1.82, 2.24) is 19.8 Å². The molecule has 0 aromatic carbocycles. The zero-order valence-corrected chi connectivity index (χ0v) is 16.3. The van der Waals surface area contributed by atoms with Crippen molar-refractivity contribution in [3.63, 3.8) is 0 Å². The molecule has 4 aliphatic heterocycles. The maximum atomic E-state index is 13.5. The third kappa shape index (κ3) is 2.27. The lowest BCUT2D eigenvalue weighted by atomic mass is 9.76. The molecule has 0 aliphatic carbocycles. The summed E-state index contributed by atoms with van der Waals surface area (Å²) in [6.07, 6.45) is 4.02. The van der Waals surface area contributed by atoms with Gasteiger partial charge in [0.1, 0.15) is 11.4 Å². The molecule has 2 fully saturated rings. The van der Waals surface area contributed by atoms with Gasteiger partial charge in [-0.1, -0.05) is 12.2 Å². The van der Waals surface area contributed by atoms with Crippen molar-refractivity contribution < 1.29 is 14.3 Å². The highest BCUT2D eigenvalue weighted by Gasteiger charge is 2.67. The number of aryl methyl sites for hydroxylation is 1. The Bertz CT molecular complexity index is 967. The number of aromatic amines is 1. The summed E-state index contributed by atoms with van der Waals surface area (Å²) in [6, 6.07) is 0.0695. The van der Waals surface area contributed by atoms with Crippen LogP contribution in [-0.2, 0) is 27.3 Å².